The molecule has 4 nitrogen and oxygen atoms in total. The van der Waals surface area contributed by atoms with Gasteiger partial charge in [0.05, 0.1) is 6.61 Å². The summed E-state index contributed by atoms with van der Waals surface area (Å²) in [6.07, 6.45) is -0.306. The molecule has 0 N–H and O–H groups in total. The summed E-state index contributed by atoms with van der Waals surface area (Å²) in [5.41, 5.74) is 7.83. The van der Waals surface area contributed by atoms with E-state index >= 15 is 0 Å². The second-order valence-corrected chi connectivity index (χ2v) is 11.4. The van der Waals surface area contributed by atoms with Crippen LogP contribution in [0.4, 0.5) is 13.2 Å². The first-order valence-corrected chi connectivity index (χ1v) is 14.9. The van der Waals surface area contributed by atoms with Crippen LogP contribution in [0.2, 0.25) is 0 Å². The van der Waals surface area contributed by atoms with Crippen LogP contribution in [-0.2, 0) is 31.7 Å². The van der Waals surface area contributed by atoms with E-state index in [1.807, 2.05) is 30.5 Å². The van der Waals surface area contributed by atoms with Gasteiger partial charge in [-0.25, -0.2) is 0 Å². The third-order valence-corrected chi connectivity index (χ3v) is 8.01. The standard InChI is InChI=1S/C24H24NO.C14H7F3NO.Ir/c1-4-5-16-26-21-14-9-11-18-17-10-8-12-19(20-13-6-7-15-25-20)22(17)24(2,3)23(18)21;15-14(16,17)10-7-5-9(6-8-10)13-11-3-1-2-4-12(11)19-18-13;/h6-11,13-15H,4-5,16H2,1-3H3;1-5,7-8H;/q2*-1;. The van der Waals surface area contributed by atoms with Crippen molar-refractivity contribution in [1.82, 2.24) is 10.1 Å². The average molecular weight is 797 g/mol. The second kappa shape index (κ2) is 13.6. The molecule has 1 aliphatic carbocycles. The Balaban J connectivity index is 0.000000186. The molecule has 2 aromatic heterocycles. The summed E-state index contributed by atoms with van der Waals surface area (Å²) in [6, 6.07) is 33.1. The number of nitrogens with zero attached hydrogens (tertiary/aromatic N) is 2. The van der Waals surface area contributed by atoms with Crippen LogP contribution in [0.25, 0.3) is 44.6 Å². The predicted molar refractivity (Wildman–Crippen MR) is 170 cm³/mol. The second-order valence-electron chi connectivity index (χ2n) is 11.4. The number of para-hydroxylation sites is 1. The van der Waals surface area contributed by atoms with Crippen molar-refractivity contribution in [2.75, 3.05) is 6.61 Å². The number of hydrogen-bond donors (Lipinski definition) is 0. The van der Waals surface area contributed by atoms with Crippen molar-refractivity contribution >= 4 is 11.0 Å². The molecule has 0 amide bonds. The van der Waals surface area contributed by atoms with Crippen LogP contribution in [0.5, 0.6) is 5.75 Å². The summed E-state index contributed by atoms with van der Waals surface area (Å²) in [7, 11) is 0. The molecule has 1 radical (unpaired) electrons. The first kappa shape index (κ1) is 33.1. The molecule has 0 spiro atoms. The Labute approximate surface area is 280 Å². The van der Waals surface area contributed by atoms with Gasteiger partial charge in [-0.3, -0.25) is 0 Å². The topological polar surface area (TPSA) is 48.2 Å². The number of fused-ring (bicyclic) bond motifs is 4. The van der Waals surface area contributed by atoms with Gasteiger partial charge in [-0.15, -0.1) is 64.3 Å². The van der Waals surface area contributed by atoms with Gasteiger partial charge in [0.2, 0.25) is 0 Å². The van der Waals surface area contributed by atoms with Gasteiger partial charge in [0.25, 0.3) is 0 Å². The molecule has 237 valence electrons. The van der Waals surface area contributed by atoms with E-state index in [0.717, 1.165) is 54.0 Å². The smallest absolute Gasteiger partial charge is 0.381 e. The number of pyridine rings is 1. The number of ether oxygens (including phenoxy) is 1. The molecule has 0 saturated heterocycles. The Morgan fingerprint density at radius 3 is 2.37 bits per heavy atom. The molecule has 0 fully saturated rings. The molecule has 2 heterocycles. The van der Waals surface area contributed by atoms with E-state index in [4.69, 9.17) is 9.26 Å². The molecule has 0 bridgehead atoms. The Kier molecular flexibility index (Phi) is 9.80. The first-order valence-electron chi connectivity index (χ1n) is 14.9. The minimum absolute atomic E-state index is 0. The van der Waals surface area contributed by atoms with Gasteiger partial charge in [-0.1, -0.05) is 75.2 Å². The van der Waals surface area contributed by atoms with Crippen molar-refractivity contribution in [2.24, 2.45) is 0 Å². The molecule has 8 heteroatoms. The number of rotatable bonds is 6. The summed E-state index contributed by atoms with van der Waals surface area (Å²) in [5.74, 6) is 1.00. The van der Waals surface area contributed by atoms with E-state index in [2.05, 4.69) is 73.4 Å². The quantitative estimate of drug-likeness (QED) is 0.124. The number of hydrogen-bond acceptors (Lipinski definition) is 4. The molecule has 0 unspecified atom stereocenters. The van der Waals surface area contributed by atoms with Crippen molar-refractivity contribution < 1.29 is 42.5 Å². The van der Waals surface area contributed by atoms with Gasteiger partial charge in [-0.2, -0.15) is 13.2 Å². The fourth-order valence-corrected chi connectivity index (χ4v) is 5.89. The number of alkyl halides is 3. The van der Waals surface area contributed by atoms with Crippen LogP contribution in [0.3, 0.4) is 0 Å². The molecule has 0 saturated carbocycles. The molecular weight excluding hydrogens is 766 g/mol. The van der Waals surface area contributed by atoms with Crippen LogP contribution < -0.4 is 4.74 Å². The monoisotopic (exact) mass is 797 g/mol. The number of halogens is 3. The van der Waals surface area contributed by atoms with E-state index < -0.39 is 11.7 Å². The van der Waals surface area contributed by atoms with Gasteiger partial charge < -0.3 is 14.2 Å². The van der Waals surface area contributed by atoms with Gasteiger partial charge in [0.15, 0.2) is 5.58 Å². The Morgan fingerprint density at radius 2 is 1.65 bits per heavy atom. The Morgan fingerprint density at radius 1 is 0.870 bits per heavy atom. The molecule has 0 aliphatic heterocycles. The minimum atomic E-state index is -4.36. The fourth-order valence-electron chi connectivity index (χ4n) is 5.89. The normalized spacial score (nSPS) is 12.8. The van der Waals surface area contributed by atoms with Crippen molar-refractivity contribution in [1.29, 1.82) is 0 Å². The predicted octanol–water partition coefficient (Wildman–Crippen LogP) is 10.3. The summed E-state index contributed by atoms with van der Waals surface area (Å²) in [5, 5.41) is 4.62. The summed E-state index contributed by atoms with van der Waals surface area (Å²) in [4.78, 5) is 4.58. The van der Waals surface area contributed by atoms with Gasteiger partial charge in [0.1, 0.15) is 5.75 Å². The maximum absolute atomic E-state index is 12.5. The van der Waals surface area contributed by atoms with E-state index in [9.17, 15) is 13.2 Å². The molecule has 46 heavy (non-hydrogen) atoms. The molecule has 4 aromatic carbocycles. The zero-order valence-electron chi connectivity index (χ0n) is 25.5. The molecule has 1 aliphatic rings. The van der Waals surface area contributed by atoms with E-state index in [0.29, 0.717) is 16.8 Å². The van der Waals surface area contributed by atoms with Crippen molar-refractivity contribution in [3.63, 3.8) is 0 Å². The molecule has 6 aromatic rings. The third kappa shape index (κ3) is 6.37. The zero-order chi connectivity index (χ0) is 31.6. The van der Waals surface area contributed by atoms with Gasteiger partial charge in [0, 0.05) is 42.9 Å². The summed E-state index contributed by atoms with van der Waals surface area (Å²) in [6.45, 7) is 7.52. The molecule has 7 rings (SSSR count). The van der Waals surface area contributed by atoms with Crippen LogP contribution in [0.15, 0.2) is 102 Å². The SMILES string of the molecule is CCCCOc1cccc2c1C(C)(C)c1c(-c3ccccn3)[c-]ccc1-2.FC(F)(F)c1c[c-]c(-c2noc3ccccc23)cc1.[Ir]. The van der Waals surface area contributed by atoms with Crippen LogP contribution in [-0.4, -0.2) is 16.7 Å². The van der Waals surface area contributed by atoms with E-state index in [1.165, 1.54) is 28.3 Å². The fraction of sp³-hybridized carbons (Fsp3) is 0.211. The molecular formula is C38H31F3IrN2O2-2. The summed E-state index contributed by atoms with van der Waals surface area (Å²) >= 11 is 0. The van der Waals surface area contributed by atoms with E-state index in [1.54, 1.807) is 18.2 Å². The molecule has 0 atom stereocenters. The van der Waals surface area contributed by atoms with Crippen LogP contribution >= 0.6 is 0 Å². The Bertz CT molecular complexity index is 1930. The van der Waals surface area contributed by atoms with Crippen molar-refractivity contribution in [3.8, 4) is 39.4 Å². The van der Waals surface area contributed by atoms with E-state index in [-0.39, 0.29) is 25.5 Å². The number of aromatic nitrogens is 2. The third-order valence-electron chi connectivity index (χ3n) is 8.01. The van der Waals surface area contributed by atoms with Crippen LogP contribution in [0, 0.1) is 12.1 Å². The largest absolute Gasteiger partial charge is 0.493 e. The average Bonchev–Trinajstić information content (AvgIpc) is 3.59. The number of unbranched alkanes of at least 4 members (excludes halogenated alkanes) is 1. The van der Waals surface area contributed by atoms with Crippen LogP contribution in [0.1, 0.15) is 50.3 Å². The summed E-state index contributed by atoms with van der Waals surface area (Å²) < 4.78 is 48.7. The Hall–Kier alpha value is -4.26. The van der Waals surface area contributed by atoms with Crippen molar-refractivity contribution in [3.05, 3.63) is 126 Å². The minimum Gasteiger partial charge on any atom is -0.493 e. The number of benzene rings is 4. The maximum Gasteiger partial charge on any atom is 0.381 e. The van der Waals surface area contributed by atoms with Gasteiger partial charge in [-0.05, 0) is 46.9 Å². The first-order chi connectivity index (χ1) is 21.7. The van der Waals surface area contributed by atoms with Crippen molar-refractivity contribution in [2.45, 2.75) is 45.2 Å². The van der Waals surface area contributed by atoms with Gasteiger partial charge >= 0.3 is 6.18 Å². The zero-order valence-corrected chi connectivity index (χ0v) is 27.9. The maximum atomic E-state index is 12.5.